The van der Waals surface area contributed by atoms with Crippen LogP contribution in [0.5, 0.6) is 0 Å². The van der Waals surface area contributed by atoms with Gasteiger partial charge in [0.05, 0.1) is 20.3 Å². The monoisotopic (exact) mass is 237 g/mol. The number of methoxy groups -OCH3 is 1. The molecule has 92 valence electrons. The van der Waals surface area contributed by atoms with Crippen LogP contribution < -0.4 is 4.90 Å². The maximum Gasteiger partial charge on any atom is 0.331 e. The average Bonchev–Trinajstić information content (AvgIpc) is 2.39. The number of aromatic nitrogens is 2. The number of hydrogen-bond donors (Lipinski definition) is 0. The molecule has 0 bridgehead atoms. The molecule has 1 aromatic rings. The molecule has 0 saturated carbocycles. The lowest BCUT2D eigenvalue weighted by Gasteiger charge is -2.33. The van der Waals surface area contributed by atoms with E-state index in [-0.39, 0.29) is 5.97 Å². The van der Waals surface area contributed by atoms with Gasteiger partial charge in [0.15, 0.2) is 6.04 Å². The standard InChI is InChI=1S/C11H15N3O3/c1-8-5-12-11(13-6-8)14-3-4-17-7-9(14)10(15)16-2/h5-6,9H,3-4,7H2,1-2H3. The molecule has 0 radical (unpaired) electrons. The molecule has 1 atom stereocenters. The molecule has 0 N–H and O–H groups in total. The Labute approximate surface area is 99.6 Å². The summed E-state index contributed by atoms with van der Waals surface area (Å²) in [6.45, 7) is 3.37. The summed E-state index contributed by atoms with van der Waals surface area (Å²) in [7, 11) is 1.37. The third-order valence-corrected chi connectivity index (χ3v) is 2.63. The lowest BCUT2D eigenvalue weighted by Crippen LogP contribution is -2.51. The third kappa shape index (κ3) is 2.52. The van der Waals surface area contributed by atoms with Crippen LogP contribution in [0.25, 0.3) is 0 Å². The first kappa shape index (κ1) is 11.8. The van der Waals surface area contributed by atoms with Crippen LogP contribution in [0.3, 0.4) is 0 Å². The van der Waals surface area contributed by atoms with Crippen LogP contribution in [0.1, 0.15) is 5.56 Å². The zero-order chi connectivity index (χ0) is 12.3. The Kier molecular flexibility index (Phi) is 3.53. The first-order chi connectivity index (χ1) is 8.22. The van der Waals surface area contributed by atoms with Gasteiger partial charge in [0.1, 0.15) is 0 Å². The molecule has 2 heterocycles. The molecule has 0 aromatic carbocycles. The van der Waals surface area contributed by atoms with E-state index in [4.69, 9.17) is 9.47 Å². The molecule has 1 aromatic heterocycles. The number of esters is 1. The molecule has 6 nitrogen and oxygen atoms in total. The van der Waals surface area contributed by atoms with E-state index in [1.54, 1.807) is 12.4 Å². The van der Waals surface area contributed by atoms with E-state index >= 15 is 0 Å². The van der Waals surface area contributed by atoms with E-state index in [1.807, 2.05) is 11.8 Å². The van der Waals surface area contributed by atoms with E-state index in [9.17, 15) is 4.79 Å². The SMILES string of the molecule is COC(=O)C1COCCN1c1ncc(C)cn1. The second-order valence-electron chi connectivity index (χ2n) is 3.87. The van der Waals surface area contributed by atoms with Crippen molar-refractivity contribution >= 4 is 11.9 Å². The van der Waals surface area contributed by atoms with Crippen LogP contribution in [-0.4, -0.2) is 48.8 Å². The summed E-state index contributed by atoms with van der Waals surface area (Å²) in [4.78, 5) is 21.9. The topological polar surface area (TPSA) is 64.6 Å². The highest BCUT2D eigenvalue weighted by Crippen LogP contribution is 2.15. The molecule has 1 fully saturated rings. The van der Waals surface area contributed by atoms with Crippen molar-refractivity contribution in [3.05, 3.63) is 18.0 Å². The predicted octanol–water partition coefficient (Wildman–Crippen LogP) is 0.163. The number of nitrogens with zero attached hydrogens (tertiary/aromatic N) is 3. The van der Waals surface area contributed by atoms with Crippen LogP contribution in [0.4, 0.5) is 5.95 Å². The van der Waals surface area contributed by atoms with Gasteiger partial charge in [0.25, 0.3) is 0 Å². The van der Waals surface area contributed by atoms with Crippen molar-refractivity contribution in [1.29, 1.82) is 0 Å². The number of aryl methyl sites for hydroxylation is 1. The molecular formula is C11H15N3O3. The fraction of sp³-hybridized carbons (Fsp3) is 0.545. The number of morpholine rings is 1. The molecular weight excluding hydrogens is 222 g/mol. The van der Waals surface area contributed by atoms with Gasteiger partial charge in [-0.2, -0.15) is 0 Å². The molecule has 2 rings (SSSR count). The molecule has 0 amide bonds. The average molecular weight is 237 g/mol. The van der Waals surface area contributed by atoms with Crippen molar-refractivity contribution in [2.24, 2.45) is 0 Å². The number of anilines is 1. The molecule has 1 aliphatic heterocycles. The molecule has 0 spiro atoms. The van der Waals surface area contributed by atoms with Crippen molar-refractivity contribution in [3.63, 3.8) is 0 Å². The van der Waals surface area contributed by atoms with Crippen LogP contribution in [0.15, 0.2) is 12.4 Å². The van der Waals surface area contributed by atoms with E-state index < -0.39 is 6.04 Å². The Morgan fingerprint density at radius 2 is 2.24 bits per heavy atom. The van der Waals surface area contributed by atoms with E-state index in [2.05, 4.69) is 9.97 Å². The Morgan fingerprint density at radius 1 is 1.53 bits per heavy atom. The first-order valence-electron chi connectivity index (χ1n) is 5.43. The summed E-state index contributed by atoms with van der Waals surface area (Å²) in [5, 5.41) is 0. The van der Waals surface area contributed by atoms with Crippen LogP contribution >= 0.6 is 0 Å². The van der Waals surface area contributed by atoms with Gasteiger partial charge in [0.2, 0.25) is 5.95 Å². The number of carbonyl (C=O) groups excluding carboxylic acids is 1. The summed E-state index contributed by atoms with van der Waals surface area (Å²) >= 11 is 0. The lowest BCUT2D eigenvalue weighted by molar-refractivity contribution is -0.144. The summed E-state index contributed by atoms with van der Waals surface area (Å²) < 4.78 is 10.0. The van der Waals surface area contributed by atoms with Crippen molar-refractivity contribution in [2.75, 3.05) is 31.8 Å². The van der Waals surface area contributed by atoms with Gasteiger partial charge < -0.3 is 14.4 Å². The van der Waals surface area contributed by atoms with Gasteiger partial charge in [-0.05, 0) is 12.5 Å². The minimum absolute atomic E-state index is 0.309. The molecule has 1 unspecified atom stereocenters. The normalized spacial score (nSPS) is 20.1. The van der Waals surface area contributed by atoms with Gasteiger partial charge in [-0.3, -0.25) is 0 Å². The molecule has 1 saturated heterocycles. The van der Waals surface area contributed by atoms with Crippen molar-refractivity contribution < 1.29 is 14.3 Å². The lowest BCUT2D eigenvalue weighted by atomic mass is 10.2. The molecule has 0 aliphatic carbocycles. The molecule has 17 heavy (non-hydrogen) atoms. The first-order valence-corrected chi connectivity index (χ1v) is 5.43. The van der Waals surface area contributed by atoms with Crippen LogP contribution in [-0.2, 0) is 14.3 Å². The minimum Gasteiger partial charge on any atom is -0.467 e. The highest BCUT2D eigenvalue weighted by Gasteiger charge is 2.31. The third-order valence-electron chi connectivity index (χ3n) is 2.63. The van der Waals surface area contributed by atoms with Gasteiger partial charge in [0, 0.05) is 18.9 Å². The van der Waals surface area contributed by atoms with Crippen molar-refractivity contribution in [3.8, 4) is 0 Å². The Hall–Kier alpha value is -1.69. The van der Waals surface area contributed by atoms with Crippen molar-refractivity contribution in [2.45, 2.75) is 13.0 Å². The highest BCUT2D eigenvalue weighted by molar-refractivity contribution is 5.79. The second-order valence-corrected chi connectivity index (χ2v) is 3.87. The predicted molar refractivity (Wildman–Crippen MR) is 60.7 cm³/mol. The van der Waals surface area contributed by atoms with E-state index in [1.165, 1.54) is 7.11 Å². The maximum absolute atomic E-state index is 11.6. The van der Waals surface area contributed by atoms with Gasteiger partial charge in [-0.25, -0.2) is 14.8 Å². The fourth-order valence-corrected chi connectivity index (χ4v) is 1.71. The summed E-state index contributed by atoms with van der Waals surface area (Å²) in [6, 6.07) is -0.462. The number of carbonyl (C=O) groups is 1. The van der Waals surface area contributed by atoms with Crippen molar-refractivity contribution in [1.82, 2.24) is 9.97 Å². The molecule has 1 aliphatic rings. The summed E-state index contributed by atoms with van der Waals surface area (Å²) in [5.41, 5.74) is 0.983. The second kappa shape index (κ2) is 5.09. The summed E-state index contributed by atoms with van der Waals surface area (Å²) in [6.07, 6.45) is 3.46. The quantitative estimate of drug-likeness (QED) is 0.683. The Morgan fingerprint density at radius 3 is 2.88 bits per heavy atom. The number of rotatable bonds is 2. The number of hydrogen-bond acceptors (Lipinski definition) is 6. The summed E-state index contributed by atoms with van der Waals surface area (Å²) in [5.74, 6) is 0.211. The van der Waals surface area contributed by atoms with E-state index in [0.717, 1.165) is 5.56 Å². The maximum atomic E-state index is 11.6. The Balaban J connectivity index is 2.21. The van der Waals surface area contributed by atoms with Gasteiger partial charge in [-0.1, -0.05) is 0 Å². The highest BCUT2D eigenvalue weighted by atomic mass is 16.5. The largest absolute Gasteiger partial charge is 0.467 e. The van der Waals surface area contributed by atoms with Gasteiger partial charge >= 0.3 is 5.97 Å². The Bertz CT molecular complexity index is 393. The smallest absolute Gasteiger partial charge is 0.331 e. The zero-order valence-electron chi connectivity index (χ0n) is 9.92. The molecule has 6 heteroatoms. The van der Waals surface area contributed by atoms with Crippen LogP contribution in [0.2, 0.25) is 0 Å². The minimum atomic E-state index is -0.462. The van der Waals surface area contributed by atoms with Crippen LogP contribution in [0, 0.1) is 6.92 Å². The zero-order valence-corrected chi connectivity index (χ0v) is 9.92. The van der Waals surface area contributed by atoms with E-state index in [0.29, 0.717) is 25.7 Å². The van der Waals surface area contributed by atoms with Gasteiger partial charge in [-0.15, -0.1) is 0 Å². The number of ether oxygens (including phenoxy) is 2. The fourth-order valence-electron chi connectivity index (χ4n) is 1.71.